The van der Waals surface area contributed by atoms with Gasteiger partial charge in [0.25, 0.3) is 0 Å². The summed E-state index contributed by atoms with van der Waals surface area (Å²) in [6, 6.07) is 9.14. The van der Waals surface area contributed by atoms with Gasteiger partial charge in [0.2, 0.25) is 0 Å². The van der Waals surface area contributed by atoms with Crippen LogP contribution in [0.25, 0.3) is 11.0 Å². The Morgan fingerprint density at radius 1 is 1.26 bits per heavy atom. The highest BCUT2D eigenvalue weighted by atomic mass is 32.2. The molecule has 0 saturated carbocycles. The lowest BCUT2D eigenvalue weighted by atomic mass is 10.0. The summed E-state index contributed by atoms with van der Waals surface area (Å²) in [4.78, 5) is 0. The van der Waals surface area contributed by atoms with Crippen LogP contribution in [0.2, 0.25) is 0 Å². The highest BCUT2D eigenvalue weighted by Gasteiger charge is 2.40. The normalized spacial score (nSPS) is 14.7. The zero-order valence-corrected chi connectivity index (χ0v) is 12.4. The molecular weight excluding hydrogens is 262 g/mol. The van der Waals surface area contributed by atoms with Gasteiger partial charge in [0, 0.05) is 11.6 Å². The molecule has 2 rings (SSSR count). The fourth-order valence-electron chi connectivity index (χ4n) is 2.19. The molecule has 1 aromatic carbocycles. The van der Waals surface area contributed by atoms with E-state index in [4.69, 9.17) is 4.42 Å². The lowest BCUT2D eigenvalue weighted by Crippen LogP contribution is -2.43. The Balaban J connectivity index is 2.53. The maximum absolute atomic E-state index is 12.0. The first-order valence-corrected chi connectivity index (χ1v) is 8.02. The van der Waals surface area contributed by atoms with Gasteiger partial charge >= 0.3 is 0 Å². The standard InChI is InChI=1S/C14H19NO3S/c1-14(2,19(4,16)17)13(15-3)12-9-10-7-5-6-8-11(10)18-12/h5-9,13,15H,1-4H3. The number of fused-ring (bicyclic) bond motifs is 1. The second kappa shape index (κ2) is 4.65. The van der Waals surface area contributed by atoms with Gasteiger partial charge in [-0.1, -0.05) is 18.2 Å². The summed E-state index contributed by atoms with van der Waals surface area (Å²) in [5.74, 6) is 0.638. The molecule has 0 spiro atoms. The van der Waals surface area contributed by atoms with Crippen LogP contribution in [0, 0.1) is 0 Å². The third-order valence-electron chi connectivity index (χ3n) is 3.67. The largest absolute Gasteiger partial charge is 0.459 e. The molecule has 1 atom stereocenters. The Hall–Kier alpha value is -1.33. The maximum atomic E-state index is 12.0. The first kappa shape index (κ1) is 14.1. The zero-order chi connectivity index (χ0) is 14.3. The van der Waals surface area contributed by atoms with Gasteiger partial charge in [-0.2, -0.15) is 0 Å². The molecular formula is C14H19NO3S. The molecule has 2 aromatic rings. The molecule has 1 aromatic heterocycles. The van der Waals surface area contributed by atoms with Crippen molar-refractivity contribution in [1.29, 1.82) is 0 Å². The van der Waals surface area contributed by atoms with Gasteiger partial charge in [0.15, 0.2) is 9.84 Å². The van der Waals surface area contributed by atoms with Gasteiger partial charge < -0.3 is 9.73 Å². The summed E-state index contributed by atoms with van der Waals surface area (Å²) in [7, 11) is -1.48. The average Bonchev–Trinajstić information content (AvgIpc) is 2.71. The van der Waals surface area contributed by atoms with E-state index in [9.17, 15) is 8.42 Å². The molecule has 0 radical (unpaired) electrons. The predicted octanol–water partition coefficient (Wildman–Crippen LogP) is 2.52. The van der Waals surface area contributed by atoms with Crippen molar-refractivity contribution in [1.82, 2.24) is 5.32 Å². The number of nitrogens with one attached hydrogen (secondary N) is 1. The quantitative estimate of drug-likeness (QED) is 0.935. The number of benzene rings is 1. The van der Waals surface area contributed by atoms with E-state index in [0.717, 1.165) is 11.0 Å². The first-order chi connectivity index (χ1) is 8.77. The Kier molecular flexibility index (Phi) is 3.45. The van der Waals surface area contributed by atoms with Crippen LogP contribution >= 0.6 is 0 Å². The van der Waals surface area contributed by atoms with Crippen LogP contribution in [0.1, 0.15) is 25.6 Å². The van der Waals surface area contributed by atoms with Gasteiger partial charge in [-0.25, -0.2) is 8.42 Å². The minimum absolute atomic E-state index is 0.394. The summed E-state index contributed by atoms with van der Waals surface area (Å²) >= 11 is 0. The van der Waals surface area contributed by atoms with Crippen molar-refractivity contribution in [3.8, 4) is 0 Å². The molecule has 0 aliphatic carbocycles. The molecule has 4 nitrogen and oxygen atoms in total. The van der Waals surface area contributed by atoms with Gasteiger partial charge in [-0.3, -0.25) is 0 Å². The molecule has 1 unspecified atom stereocenters. The molecule has 5 heteroatoms. The maximum Gasteiger partial charge on any atom is 0.154 e. The van der Waals surface area contributed by atoms with Crippen molar-refractivity contribution in [3.63, 3.8) is 0 Å². The third-order valence-corrected chi connectivity index (χ3v) is 5.82. The molecule has 1 N–H and O–H groups in total. The lowest BCUT2D eigenvalue weighted by Gasteiger charge is -2.30. The van der Waals surface area contributed by atoms with E-state index in [1.54, 1.807) is 20.9 Å². The predicted molar refractivity (Wildman–Crippen MR) is 76.9 cm³/mol. The minimum Gasteiger partial charge on any atom is -0.459 e. The number of para-hydroxylation sites is 1. The zero-order valence-electron chi connectivity index (χ0n) is 11.6. The number of sulfone groups is 1. The van der Waals surface area contributed by atoms with Crippen LogP contribution in [0.15, 0.2) is 34.7 Å². The molecule has 0 saturated heterocycles. The highest BCUT2D eigenvalue weighted by molar-refractivity contribution is 7.92. The van der Waals surface area contributed by atoms with E-state index < -0.39 is 20.6 Å². The second-order valence-corrected chi connectivity index (χ2v) is 7.88. The molecule has 0 aliphatic heterocycles. The monoisotopic (exact) mass is 281 g/mol. The van der Waals surface area contributed by atoms with Crippen LogP contribution in [-0.2, 0) is 9.84 Å². The lowest BCUT2D eigenvalue weighted by molar-refractivity contribution is 0.380. The van der Waals surface area contributed by atoms with Gasteiger partial charge in [-0.15, -0.1) is 0 Å². The van der Waals surface area contributed by atoms with E-state index in [2.05, 4.69) is 5.32 Å². The van der Waals surface area contributed by atoms with E-state index in [1.807, 2.05) is 30.3 Å². The number of hydrogen-bond donors (Lipinski definition) is 1. The second-order valence-electron chi connectivity index (χ2n) is 5.28. The van der Waals surface area contributed by atoms with Crippen molar-refractivity contribution in [3.05, 3.63) is 36.1 Å². The van der Waals surface area contributed by atoms with Crippen LogP contribution in [-0.4, -0.2) is 26.5 Å². The van der Waals surface area contributed by atoms with Crippen molar-refractivity contribution in [2.24, 2.45) is 0 Å². The minimum atomic E-state index is -3.22. The van der Waals surface area contributed by atoms with Crippen molar-refractivity contribution >= 4 is 20.8 Å². The molecule has 0 amide bonds. The van der Waals surface area contributed by atoms with Crippen LogP contribution in [0.3, 0.4) is 0 Å². The van der Waals surface area contributed by atoms with Crippen LogP contribution < -0.4 is 5.32 Å². The number of furan rings is 1. The van der Waals surface area contributed by atoms with Gasteiger partial charge in [0.1, 0.15) is 11.3 Å². The molecule has 1 heterocycles. The summed E-state index contributed by atoms with van der Waals surface area (Å²) in [5.41, 5.74) is 0.766. The molecule has 0 bridgehead atoms. The average molecular weight is 281 g/mol. The number of rotatable bonds is 4. The van der Waals surface area contributed by atoms with Gasteiger partial charge in [-0.05, 0) is 33.0 Å². The Labute approximate surface area is 113 Å². The highest BCUT2D eigenvalue weighted by Crippen LogP contribution is 2.34. The fraction of sp³-hybridized carbons (Fsp3) is 0.429. The van der Waals surface area contributed by atoms with Crippen molar-refractivity contribution < 1.29 is 12.8 Å². The third kappa shape index (κ3) is 2.40. The fourth-order valence-corrected chi connectivity index (χ4v) is 2.85. The summed E-state index contributed by atoms with van der Waals surface area (Å²) in [6.07, 6.45) is 1.25. The summed E-state index contributed by atoms with van der Waals surface area (Å²) < 4.78 is 28.7. The Bertz CT molecular complexity index is 653. The van der Waals surface area contributed by atoms with Crippen molar-refractivity contribution in [2.75, 3.05) is 13.3 Å². The Morgan fingerprint density at radius 2 is 1.89 bits per heavy atom. The van der Waals surface area contributed by atoms with Crippen LogP contribution in [0.4, 0.5) is 0 Å². The molecule has 19 heavy (non-hydrogen) atoms. The first-order valence-electron chi connectivity index (χ1n) is 6.12. The van der Waals surface area contributed by atoms with Crippen LogP contribution in [0.5, 0.6) is 0 Å². The molecule has 0 fully saturated rings. The Morgan fingerprint density at radius 3 is 2.42 bits per heavy atom. The summed E-state index contributed by atoms with van der Waals surface area (Å²) in [5, 5.41) is 4.03. The topological polar surface area (TPSA) is 59.3 Å². The molecule has 0 aliphatic rings. The van der Waals surface area contributed by atoms with E-state index in [0.29, 0.717) is 5.76 Å². The molecule has 104 valence electrons. The van der Waals surface area contributed by atoms with E-state index in [1.165, 1.54) is 6.26 Å². The number of hydrogen-bond acceptors (Lipinski definition) is 4. The summed E-state index contributed by atoms with van der Waals surface area (Å²) in [6.45, 7) is 3.41. The smallest absolute Gasteiger partial charge is 0.154 e. The van der Waals surface area contributed by atoms with Crippen molar-refractivity contribution in [2.45, 2.75) is 24.6 Å². The SMILES string of the molecule is CNC(c1cc2ccccc2o1)C(C)(C)S(C)(=O)=O. The van der Waals surface area contributed by atoms with Gasteiger partial charge in [0.05, 0.1) is 10.8 Å². The van der Waals surface area contributed by atoms with E-state index in [-0.39, 0.29) is 0 Å². The van der Waals surface area contributed by atoms with E-state index >= 15 is 0 Å².